The number of carbonyl (C=O) groups is 1. The molecule has 6 heteroatoms. The van der Waals surface area contributed by atoms with E-state index < -0.39 is 0 Å². The fraction of sp³-hybridized carbons (Fsp3) is 0.0526. The van der Waals surface area contributed by atoms with E-state index in [0.717, 1.165) is 38.8 Å². The zero-order valence-electron chi connectivity index (χ0n) is 13.4. The summed E-state index contributed by atoms with van der Waals surface area (Å²) in [7, 11) is 0. The van der Waals surface area contributed by atoms with Crippen LogP contribution in [-0.4, -0.2) is 20.9 Å². The van der Waals surface area contributed by atoms with E-state index in [9.17, 15) is 4.79 Å². The number of carbonyl (C=O) groups excluding carboxylic acids is 1. The lowest BCUT2D eigenvalue weighted by Crippen LogP contribution is -2.06. The Kier molecular flexibility index (Phi) is 3.40. The average Bonchev–Trinajstić information content (AvgIpc) is 2.98. The molecule has 4 rings (SSSR count). The highest BCUT2D eigenvalue weighted by Crippen LogP contribution is 2.32. The van der Waals surface area contributed by atoms with Crippen molar-refractivity contribution < 1.29 is 4.79 Å². The Hall–Kier alpha value is -3.72. The van der Waals surface area contributed by atoms with Crippen LogP contribution in [0.5, 0.6) is 0 Å². The molecule has 3 aromatic heterocycles. The van der Waals surface area contributed by atoms with Gasteiger partial charge in [-0.2, -0.15) is 5.26 Å². The standard InChI is InChI=1S/C19H13N5O/c1-11(25)23-17-5-3-2-4-14(17)12-6-16-15-7-13(8-20)21-10-18(15)24-19(16)22-9-12/h2-7,9-10H,1H3,(H,22,24)(H,23,25). The second-order valence-corrected chi connectivity index (χ2v) is 5.70. The first-order valence-corrected chi connectivity index (χ1v) is 7.70. The number of fused-ring (bicyclic) bond motifs is 3. The Bertz CT molecular complexity index is 1170. The highest BCUT2D eigenvalue weighted by atomic mass is 16.1. The fourth-order valence-electron chi connectivity index (χ4n) is 2.92. The van der Waals surface area contributed by atoms with Gasteiger partial charge in [-0.25, -0.2) is 9.97 Å². The van der Waals surface area contributed by atoms with Gasteiger partial charge in [0.15, 0.2) is 0 Å². The molecule has 0 bridgehead atoms. The largest absolute Gasteiger partial charge is 0.338 e. The van der Waals surface area contributed by atoms with Crippen molar-refractivity contribution in [1.82, 2.24) is 15.0 Å². The molecule has 120 valence electrons. The summed E-state index contributed by atoms with van der Waals surface area (Å²) >= 11 is 0. The van der Waals surface area contributed by atoms with Crippen molar-refractivity contribution >= 4 is 33.5 Å². The molecule has 0 radical (unpaired) electrons. The molecule has 0 aliphatic carbocycles. The molecule has 2 N–H and O–H groups in total. The molecular formula is C19H13N5O. The average molecular weight is 327 g/mol. The lowest BCUT2D eigenvalue weighted by molar-refractivity contribution is -0.114. The Morgan fingerprint density at radius 3 is 2.80 bits per heavy atom. The SMILES string of the molecule is CC(=O)Nc1ccccc1-c1cnc2[nH]c3cnc(C#N)cc3c2c1. The molecule has 0 aliphatic rings. The molecule has 0 saturated heterocycles. The number of amides is 1. The molecule has 0 fully saturated rings. The van der Waals surface area contributed by atoms with Gasteiger partial charge in [-0.1, -0.05) is 18.2 Å². The van der Waals surface area contributed by atoms with Crippen LogP contribution in [0.15, 0.2) is 48.8 Å². The van der Waals surface area contributed by atoms with E-state index >= 15 is 0 Å². The number of nitriles is 1. The van der Waals surface area contributed by atoms with Gasteiger partial charge in [0.25, 0.3) is 0 Å². The van der Waals surface area contributed by atoms with Crippen molar-refractivity contribution in [2.45, 2.75) is 6.92 Å². The third kappa shape index (κ3) is 2.58. The number of hydrogen-bond donors (Lipinski definition) is 2. The minimum atomic E-state index is -0.127. The molecule has 3 heterocycles. The van der Waals surface area contributed by atoms with Gasteiger partial charge in [0.1, 0.15) is 17.4 Å². The van der Waals surface area contributed by atoms with Gasteiger partial charge in [-0.15, -0.1) is 0 Å². The maximum absolute atomic E-state index is 11.4. The van der Waals surface area contributed by atoms with Crippen molar-refractivity contribution in [3.63, 3.8) is 0 Å². The van der Waals surface area contributed by atoms with Gasteiger partial charge in [0.05, 0.1) is 11.7 Å². The van der Waals surface area contributed by atoms with Gasteiger partial charge < -0.3 is 10.3 Å². The summed E-state index contributed by atoms with van der Waals surface area (Å²) in [5.74, 6) is -0.127. The summed E-state index contributed by atoms with van der Waals surface area (Å²) in [4.78, 5) is 23.2. The summed E-state index contributed by atoms with van der Waals surface area (Å²) in [5, 5.41) is 13.7. The predicted molar refractivity (Wildman–Crippen MR) is 95.8 cm³/mol. The molecule has 1 aromatic carbocycles. The molecule has 0 atom stereocenters. The fourth-order valence-corrected chi connectivity index (χ4v) is 2.92. The Balaban J connectivity index is 1.94. The van der Waals surface area contributed by atoms with Crippen molar-refractivity contribution in [3.05, 3.63) is 54.5 Å². The monoisotopic (exact) mass is 327 g/mol. The lowest BCUT2D eigenvalue weighted by atomic mass is 10.0. The first-order chi connectivity index (χ1) is 12.2. The summed E-state index contributed by atoms with van der Waals surface area (Å²) in [6.45, 7) is 1.48. The van der Waals surface area contributed by atoms with Crippen molar-refractivity contribution in [3.8, 4) is 17.2 Å². The first kappa shape index (κ1) is 14.8. The highest BCUT2D eigenvalue weighted by molar-refractivity contribution is 6.07. The van der Waals surface area contributed by atoms with Gasteiger partial charge in [-0.05, 0) is 18.2 Å². The number of aromatic amines is 1. The second-order valence-electron chi connectivity index (χ2n) is 5.70. The smallest absolute Gasteiger partial charge is 0.221 e. The summed E-state index contributed by atoms with van der Waals surface area (Å²) < 4.78 is 0. The number of rotatable bonds is 2. The summed E-state index contributed by atoms with van der Waals surface area (Å²) in [5.41, 5.74) is 4.42. The lowest BCUT2D eigenvalue weighted by Gasteiger charge is -2.09. The number of anilines is 1. The first-order valence-electron chi connectivity index (χ1n) is 7.70. The number of H-pyrrole nitrogens is 1. The zero-order chi connectivity index (χ0) is 17.4. The summed E-state index contributed by atoms with van der Waals surface area (Å²) in [6.07, 6.45) is 3.40. The molecule has 6 nitrogen and oxygen atoms in total. The van der Waals surface area contributed by atoms with E-state index in [-0.39, 0.29) is 5.91 Å². The minimum Gasteiger partial charge on any atom is -0.338 e. The maximum Gasteiger partial charge on any atom is 0.221 e. The third-order valence-corrected chi connectivity index (χ3v) is 4.00. The number of nitrogens with zero attached hydrogens (tertiary/aromatic N) is 3. The number of para-hydroxylation sites is 1. The van der Waals surface area contributed by atoms with Gasteiger partial charge in [0.2, 0.25) is 5.91 Å². The molecule has 0 spiro atoms. The Morgan fingerprint density at radius 2 is 2.00 bits per heavy atom. The Labute approximate surface area is 143 Å². The molecule has 25 heavy (non-hydrogen) atoms. The second kappa shape index (κ2) is 5.73. The molecule has 0 unspecified atom stereocenters. The number of aromatic nitrogens is 3. The van der Waals surface area contributed by atoms with Gasteiger partial charge in [0, 0.05) is 40.7 Å². The van der Waals surface area contributed by atoms with Crippen LogP contribution in [0.25, 0.3) is 33.1 Å². The highest BCUT2D eigenvalue weighted by Gasteiger charge is 2.11. The number of nitrogens with one attached hydrogen (secondary N) is 2. The van der Waals surface area contributed by atoms with E-state index in [4.69, 9.17) is 5.26 Å². The van der Waals surface area contributed by atoms with Crippen LogP contribution in [0, 0.1) is 11.3 Å². The Morgan fingerprint density at radius 1 is 1.16 bits per heavy atom. The van der Waals surface area contributed by atoms with Crippen LogP contribution in [-0.2, 0) is 4.79 Å². The molecule has 0 saturated carbocycles. The van der Waals surface area contributed by atoms with Crippen molar-refractivity contribution in [2.75, 3.05) is 5.32 Å². The van der Waals surface area contributed by atoms with E-state index in [0.29, 0.717) is 5.69 Å². The van der Waals surface area contributed by atoms with Gasteiger partial charge in [-0.3, -0.25) is 4.79 Å². The van der Waals surface area contributed by atoms with E-state index in [1.54, 1.807) is 18.5 Å². The van der Waals surface area contributed by atoms with Crippen LogP contribution in [0.3, 0.4) is 0 Å². The quantitative estimate of drug-likeness (QED) is 0.588. The molecule has 1 amide bonds. The van der Waals surface area contributed by atoms with Crippen molar-refractivity contribution in [1.29, 1.82) is 5.26 Å². The van der Waals surface area contributed by atoms with E-state index in [1.807, 2.05) is 30.3 Å². The van der Waals surface area contributed by atoms with Crippen molar-refractivity contribution in [2.24, 2.45) is 0 Å². The molecule has 0 aliphatic heterocycles. The normalized spacial score (nSPS) is 10.7. The number of benzene rings is 1. The summed E-state index contributed by atoms with van der Waals surface area (Å²) in [6, 6.07) is 13.4. The van der Waals surface area contributed by atoms with E-state index in [2.05, 4.69) is 26.3 Å². The van der Waals surface area contributed by atoms with Crippen LogP contribution < -0.4 is 5.32 Å². The zero-order valence-corrected chi connectivity index (χ0v) is 13.4. The third-order valence-electron chi connectivity index (χ3n) is 4.00. The van der Waals surface area contributed by atoms with Gasteiger partial charge >= 0.3 is 0 Å². The minimum absolute atomic E-state index is 0.127. The van der Waals surface area contributed by atoms with Crippen LogP contribution in [0.2, 0.25) is 0 Å². The van der Waals surface area contributed by atoms with E-state index in [1.165, 1.54) is 6.92 Å². The van der Waals surface area contributed by atoms with Crippen LogP contribution in [0.1, 0.15) is 12.6 Å². The van der Waals surface area contributed by atoms with Crippen LogP contribution >= 0.6 is 0 Å². The molecular weight excluding hydrogens is 314 g/mol. The number of pyridine rings is 2. The molecule has 4 aromatic rings. The number of hydrogen-bond acceptors (Lipinski definition) is 4. The van der Waals surface area contributed by atoms with Crippen LogP contribution in [0.4, 0.5) is 5.69 Å². The maximum atomic E-state index is 11.4. The predicted octanol–water partition coefficient (Wildman–Crippen LogP) is 3.61. The topological polar surface area (TPSA) is 94.5 Å².